The molecule has 0 fully saturated rings. The second-order valence-corrected chi connectivity index (χ2v) is 6.95. The van der Waals surface area contributed by atoms with Crippen LogP contribution in [0.2, 0.25) is 0 Å². The summed E-state index contributed by atoms with van der Waals surface area (Å²) in [7, 11) is 0. The number of aryl methyl sites for hydroxylation is 2. The minimum Gasteiger partial charge on any atom is -0.444 e. The molecule has 0 unspecified atom stereocenters. The summed E-state index contributed by atoms with van der Waals surface area (Å²) in [5, 5.41) is 6.80. The third-order valence-corrected chi connectivity index (χ3v) is 3.57. The number of nitrogens with one attached hydrogen (secondary N) is 1. The summed E-state index contributed by atoms with van der Waals surface area (Å²) in [5.74, 6) is 0. The highest BCUT2D eigenvalue weighted by molar-refractivity contribution is 7.08. The Bertz CT molecular complexity index is 633. The van der Waals surface area contributed by atoms with E-state index in [0.717, 1.165) is 16.8 Å². The monoisotopic (exact) mass is 303 g/mol. The van der Waals surface area contributed by atoms with E-state index in [9.17, 15) is 4.79 Å². The molecule has 0 spiro atoms. The van der Waals surface area contributed by atoms with Gasteiger partial charge >= 0.3 is 6.09 Å². The molecule has 0 atom stereocenters. The lowest BCUT2D eigenvalue weighted by Gasteiger charge is -2.19. The van der Waals surface area contributed by atoms with Gasteiger partial charge in [-0.2, -0.15) is 0 Å². The second-order valence-electron chi connectivity index (χ2n) is 6.20. The van der Waals surface area contributed by atoms with Gasteiger partial charge in [0, 0.05) is 16.3 Å². The number of carbonyl (C=O) groups excluding carboxylic acids is 1. The van der Waals surface area contributed by atoms with E-state index in [1.807, 2.05) is 31.5 Å². The number of rotatable bonds is 2. The highest BCUT2D eigenvalue weighted by Gasteiger charge is 2.18. The first-order valence-electron chi connectivity index (χ1n) is 6.89. The Morgan fingerprint density at radius 3 is 2.29 bits per heavy atom. The number of anilines is 1. The molecule has 2 aromatic rings. The highest BCUT2D eigenvalue weighted by atomic mass is 32.1. The van der Waals surface area contributed by atoms with Crippen molar-refractivity contribution in [3.8, 4) is 11.1 Å². The predicted octanol–water partition coefficient (Wildman–Crippen LogP) is 5.38. The van der Waals surface area contributed by atoms with Crippen LogP contribution >= 0.6 is 11.3 Å². The van der Waals surface area contributed by atoms with Crippen molar-refractivity contribution in [1.29, 1.82) is 0 Å². The third kappa shape index (κ3) is 4.33. The Balaban J connectivity index is 2.24. The van der Waals surface area contributed by atoms with Gasteiger partial charge in [0.15, 0.2) is 0 Å². The maximum absolute atomic E-state index is 11.9. The summed E-state index contributed by atoms with van der Waals surface area (Å²) in [4.78, 5) is 11.9. The number of hydrogen-bond donors (Lipinski definition) is 1. The number of amides is 1. The number of hydrogen-bond acceptors (Lipinski definition) is 3. The highest BCUT2D eigenvalue weighted by Crippen LogP contribution is 2.33. The van der Waals surface area contributed by atoms with Crippen molar-refractivity contribution in [3.63, 3.8) is 0 Å². The summed E-state index contributed by atoms with van der Waals surface area (Å²) < 4.78 is 5.30. The van der Waals surface area contributed by atoms with Crippen LogP contribution in [0.3, 0.4) is 0 Å². The van der Waals surface area contributed by atoms with Crippen LogP contribution in [-0.2, 0) is 4.74 Å². The summed E-state index contributed by atoms with van der Waals surface area (Å²) in [5.41, 5.74) is 4.84. The fraction of sp³-hybridized carbons (Fsp3) is 0.353. The van der Waals surface area contributed by atoms with Crippen LogP contribution in [0.4, 0.5) is 10.5 Å². The molecule has 1 heterocycles. The Labute approximate surface area is 130 Å². The zero-order valence-corrected chi connectivity index (χ0v) is 13.9. The summed E-state index contributed by atoms with van der Waals surface area (Å²) in [6, 6.07) is 6.38. The smallest absolute Gasteiger partial charge is 0.412 e. The van der Waals surface area contributed by atoms with Gasteiger partial charge in [-0.15, -0.1) is 11.3 Å². The van der Waals surface area contributed by atoms with Gasteiger partial charge in [0.2, 0.25) is 0 Å². The molecule has 112 valence electrons. The molecule has 1 aromatic heterocycles. The van der Waals surface area contributed by atoms with Crippen LogP contribution in [-0.4, -0.2) is 11.7 Å². The largest absolute Gasteiger partial charge is 0.444 e. The fourth-order valence-electron chi connectivity index (χ4n) is 2.16. The molecular formula is C17H21NO2S. The zero-order valence-electron chi connectivity index (χ0n) is 13.1. The molecule has 1 aromatic carbocycles. The van der Waals surface area contributed by atoms with Crippen LogP contribution in [0.15, 0.2) is 29.0 Å². The van der Waals surface area contributed by atoms with Gasteiger partial charge in [-0.3, -0.25) is 5.32 Å². The van der Waals surface area contributed by atoms with Gasteiger partial charge in [-0.25, -0.2) is 4.79 Å². The summed E-state index contributed by atoms with van der Waals surface area (Å²) in [6.07, 6.45) is -0.425. The first-order valence-corrected chi connectivity index (χ1v) is 7.84. The van der Waals surface area contributed by atoms with E-state index in [4.69, 9.17) is 4.74 Å². The van der Waals surface area contributed by atoms with E-state index < -0.39 is 11.7 Å². The van der Waals surface area contributed by atoms with Crippen molar-refractivity contribution in [1.82, 2.24) is 0 Å². The topological polar surface area (TPSA) is 38.3 Å². The second kappa shape index (κ2) is 5.90. The minimum atomic E-state index is -0.500. The molecule has 0 aliphatic heterocycles. The average Bonchev–Trinajstić information content (AvgIpc) is 2.72. The van der Waals surface area contributed by atoms with Crippen LogP contribution in [0.1, 0.15) is 31.9 Å². The van der Waals surface area contributed by atoms with Crippen molar-refractivity contribution in [2.45, 2.75) is 40.2 Å². The number of thiophene rings is 1. The van der Waals surface area contributed by atoms with Crippen LogP contribution in [0, 0.1) is 13.8 Å². The van der Waals surface area contributed by atoms with Gasteiger partial charge in [0.25, 0.3) is 0 Å². The van der Waals surface area contributed by atoms with Crippen molar-refractivity contribution >= 4 is 23.1 Å². The van der Waals surface area contributed by atoms with E-state index in [1.165, 1.54) is 11.1 Å². The van der Waals surface area contributed by atoms with Crippen molar-refractivity contribution in [2.75, 3.05) is 5.32 Å². The number of ether oxygens (including phenoxy) is 1. The molecule has 0 aliphatic carbocycles. The quantitative estimate of drug-likeness (QED) is 0.809. The first kappa shape index (κ1) is 15.6. The third-order valence-electron chi connectivity index (χ3n) is 2.83. The van der Waals surface area contributed by atoms with Gasteiger partial charge in [-0.05, 0) is 40.2 Å². The van der Waals surface area contributed by atoms with Gasteiger partial charge in [0.1, 0.15) is 5.60 Å². The summed E-state index contributed by atoms with van der Waals surface area (Å²) >= 11 is 1.56. The first-order chi connectivity index (χ1) is 9.74. The van der Waals surface area contributed by atoms with Crippen LogP contribution < -0.4 is 5.32 Å². The predicted molar refractivity (Wildman–Crippen MR) is 89.1 cm³/mol. The minimum absolute atomic E-state index is 0.425. The lowest BCUT2D eigenvalue weighted by molar-refractivity contribution is 0.0636. The fourth-order valence-corrected chi connectivity index (χ4v) is 2.95. The van der Waals surface area contributed by atoms with Crippen LogP contribution in [0.25, 0.3) is 11.1 Å². The summed E-state index contributed by atoms with van der Waals surface area (Å²) in [6.45, 7) is 9.70. The van der Waals surface area contributed by atoms with E-state index in [0.29, 0.717) is 0 Å². The van der Waals surface area contributed by atoms with Gasteiger partial charge < -0.3 is 4.74 Å². The van der Waals surface area contributed by atoms with Crippen molar-refractivity contribution < 1.29 is 9.53 Å². The molecule has 0 bridgehead atoms. The molecule has 1 amide bonds. The standard InChI is InChI=1S/C17H21NO2S/c1-11-6-12(2)8-13(7-11)14-9-21-10-15(14)18-16(19)20-17(3,4)5/h6-10H,1-5H3,(H,18,19). The van der Waals surface area contributed by atoms with Crippen LogP contribution in [0.5, 0.6) is 0 Å². The molecule has 2 rings (SSSR count). The lowest BCUT2D eigenvalue weighted by atomic mass is 10.0. The van der Waals surface area contributed by atoms with Gasteiger partial charge in [-0.1, -0.05) is 29.3 Å². The number of carbonyl (C=O) groups is 1. The Morgan fingerprint density at radius 2 is 1.71 bits per heavy atom. The molecule has 0 saturated heterocycles. The SMILES string of the molecule is Cc1cc(C)cc(-c2cscc2NC(=O)OC(C)(C)C)c1. The van der Waals surface area contributed by atoms with E-state index in [2.05, 4.69) is 37.4 Å². The van der Waals surface area contributed by atoms with E-state index in [1.54, 1.807) is 11.3 Å². The molecule has 0 saturated carbocycles. The van der Waals surface area contributed by atoms with E-state index in [-0.39, 0.29) is 0 Å². The molecule has 21 heavy (non-hydrogen) atoms. The van der Waals surface area contributed by atoms with Gasteiger partial charge in [0.05, 0.1) is 5.69 Å². The Morgan fingerprint density at radius 1 is 1.10 bits per heavy atom. The lowest BCUT2D eigenvalue weighted by Crippen LogP contribution is -2.27. The van der Waals surface area contributed by atoms with Crippen molar-refractivity contribution in [2.24, 2.45) is 0 Å². The maximum Gasteiger partial charge on any atom is 0.412 e. The average molecular weight is 303 g/mol. The molecule has 3 nitrogen and oxygen atoms in total. The Kier molecular flexibility index (Phi) is 4.37. The molecule has 4 heteroatoms. The zero-order chi connectivity index (χ0) is 15.6. The van der Waals surface area contributed by atoms with Crippen molar-refractivity contribution in [3.05, 3.63) is 40.1 Å². The number of benzene rings is 1. The van der Waals surface area contributed by atoms with E-state index >= 15 is 0 Å². The Hall–Kier alpha value is -1.81. The molecule has 1 N–H and O–H groups in total. The molecule has 0 radical (unpaired) electrons. The maximum atomic E-state index is 11.9. The normalized spacial score (nSPS) is 11.3. The molecular weight excluding hydrogens is 282 g/mol. The molecule has 0 aliphatic rings.